The van der Waals surface area contributed by atoms with Crippen LogP contribution in [0.4, 0.5) is 0 Å². The number of amides is 1. The van der Waals surface area contributed by atoms with E-state index >= 15 is 0 Å². The second-order valence-corrected chi connectivity index (χ2v) is 4.22. The molecule has 1 amide bonds. The van der Waals surface area contributed by atoms with Crippen LogP contribution >= 0.6 is 0 Å². The Morgan fingerprint density at radius 1 is 1.40 bits per heavy atom. The molecule has 0 spiro atoms. The van der Waals surface area contributed by atoms with Crippen molar-refractivity contribution in [2.75, 3.05) is 13.7 Å². The van der Waals surface area contributed by atoms with E-state index in [9.17, 15) is 9.59 Å². The molecule has 0 aromatic heterocycles. The number of ether oxygens (including phenoxy) is 2. The first kappa shape index (κ1) is 15.8. The molecule has 20 heavy (non-hydrogen) atoms. The van der Waals surface area contributed by atoms with Crippen molar-refractivity contribution < 1.29 is 24.2 Å². The highest BCUT2D eigenvalue weighted by Gasteiger charge is 2.19. The lowest BCUT2D eigenvalue weighted by Gasteiger charge is -2.16. The zero-order chi connectivity index (χ0) is 15.1. The fourth-order valence-electron chi connectivity index (χ4n) is 1.54. The monoisotopic (exact) mass is 281 g/mol. The summed E-state index contributed by atoms with van der Waals surface area (Å²) in [5.74, 6) is -0.836. The number of rotatable bonds is 7. The number of carboxylic acids is 1. The minimum atomic E-state index is -1.12. The summed E-state index contributed by atoms with van der Waals surface area (Å²) < 4.78 is 10.5. The number of carbonyl (C=O) groups is 2. The predicted molar refractivity (Wildman–Crippen MR) is 73.3 cm³/mol. The third kappa shape index (κ3) is 4.15. The lowest BCUT2D eigenvalue weighted by molar-refractivity contribution is -0.127. The van der Waals surface area contributed by atoms with Crippen molar-refractivity contribution in [3.8, 4) is 11.5 Å². The van der Waals surface area contributed by atoms with Crippen LogP contribution in [-0.2, 0) is 4.79 Å². The highest BCUT2D eigenvalue weighted by Crippen LogP contribution is 2.25. The summed E-state index contributed by atoms with van der Waals surface area (Å²) in [5.41, 5.74) is -0.0130. The zero-order valence-corrected chi connectivity index (χ0v) is 11.8. The molecule has 0 aliphatic heterocycles. The van der Waals surface area contributed by atoms with Gasteiger partial charge >= 0.3 is 5.97 Å². The zero-order valence-electron chi connectivity index (χ0n) is 11.8. The summed E-state index contributed by atoms with van der Waals surface area (Å²) in [4.78, 5) is 22.9. The molecule has 0 aliphatic carbocycles. The van der Waals surface area contributed by atoms with Gasteiger partial charge in [-0.25, -0.2) is 4.79 Å². The van der Waals surface area contributed by atoms with E-state index < -0.39 is 12.1 Å². The van der Waals surface area contributed by atoms with Gasteiger partial charge in [0, 0.05) is 12.6 Å². The van der Waals surface area contributed by atoms with Crippen LogP contribution in [0.1, 0.15) is 30.6 Å². The molecule has 0 heterocycles. The maximum atomic E-state index is 11.7. The van der Waals surface area contributed by atoms with Crippen molar-refractivity contribution in [1.82, 2.24) is 5.32 Å². The highest BCUT2D eigenvalue weighted by atomic mass is 16.5. The fraction of sp³-hybridized carbons (Fsp3) is 0.429. The topological polar surface area (TPSA) is 84.9 Å². The van der Waals surface area contributed by atoms with Crippen molar-refractivity contribution in [2.45, 2.75) is 26.4 Å². The molecule has 2 N–H and O–H groups in total. The van der Waals surface area contributed by atoms with E-state index in [1.165, 1.54) is 25.3 Å². The van der Waals surface area contributed by atoms with Gasteiger partial charge in [0.2, 0.25) is 0 Å². The molecule has 0 saturated heterocycles. The molecule has 0 radical (unpaired) electrons. The van der Waals surface area contributed by atoms with Crippen LogP contribution in [0.5, 0.6) is 11.5 Å². The summed E-state index contributed by atoms with van der Waals surface area (Å²) in [5, 5.41) is 11.8. The Hall–Kier alpha value is -2.24. The summed E-state index contributed by atoms with van der Waals surface area (Å²) >= 11 is 0. The van der Waals surface area contributed by atoms with E-state index in [2.05, 4.69) is 5.32 Å². The molecule has 1 aromatic rings. The normalized spacial score (nSPS) is 11.6. The van der Waals surface area contributed by atoms with Crippen molar-refractivity contribution in [3.05, 3.63) is 23.8 Å². The quantitative estimate of drug-likeness (QED) is 0.794. The summed E-state index contributed by atoms with van der Waals surface area (Å²) in [6, 6.07) is 4.36. The lowest BCUT2D eigenvalue weighted by atomic mass is 10.2. The SMILES string of the molecule is CCCNC(=O)C(C)Oc1cc(OC)ccc1C(=O)O. The first-order valence-corrected chi connectivity index (χ1v) is 6.35. The van der Waals surface area contributed by atoms with Crippen LogP contribution in [0, 0.1) is 0 Å². The van der Waals surface area contributed by atoms with Crippen molar-refractivity contribution in [1.29, 1.82) is 0 Å². The van der Waals surface area contributed by atoms with Crippen molar-refractivity contribution >= 4 is 11.9 Å². The number of carboxylic acid groups (broad SMARTS) is 1. The Morgan fingerprint density at radius 2 is 2.10 bits per heavy atom. The summed E-state index contributed by atoms with van der Waals surface area (Å²) in [7, 11) is 1.47. The lowest BCUT2D eigenvalue weighted by Crippen LogP contribution is -2.36. The number of methoxy groups -OCH3 is 1. The Labute approximate surface area is 117 Å². The molecule has 0 fully saturated rings. The van der Waals surface area contributed by atoms with E-state index in [1.54, 1.807) is 6.92 Å². The molecule has 1 atom stereocenters. The van der Waals surface area contributed by atoms with Gasteiger partial charge in [-0.15, -0.1) is 0 Å². The van der Waals surface area contributed by atoms with Gasteiger partial charge in [0.15, 0.2) is 6.10 Å². The average Bonchev–Trinajstić information content (AvgIpc) is 2.44. The van der Waals surface area contributed by atoms with E-state index in [1.807, 2.05) is 6.92 Å². The van der Waals surface area contributed by atoms with Gasteiger partial charge < -0.3 is 19.9 Å². The van der Waals surface area contributed by atoms with E-state index in [4.69, 9.17) is 14.6 Å². The largest absolute Gasteiger partial charge is 0.497 e. The van der Waals surface area contributed by atoms with Gasteiger partial charge in [-0.05, 0) is 25.5 Å². The van der Waals surface area contributed by atoms with Gasteiger partial charge in [-0.3, -0.25) is 4.79 Å². The van der Waals surface area contributed by atoms with Crippen LogP contribution in [0.3, 0.4) is 0 Å². The summed E-state index contributed by atoms with van der Waals surface area (Å²) in [6.45, 7) is 4.06. The van der Waals surface area contributed by atoms with Gasteiger partial charge in [-0.1, -0.05) is 6.92 Å². The fourth-order valence-corrected chi connectivity index (χ4v) is 1.54. The molecule has 1 unspecified atom stereocenters. The number of nitrogens with one attached hydrogen (secondary N) is 1. The molecular formula is C14H19NO5. The number of carbonyl (C=O) groups excluding carboxylic acids is 1. The molecule has 1 aromatic carbocycles. The highest BCUT2D eigenvalue weighted by molar-refractivity contribution is 5.91. The molecule has 0 saturated carbocycles. The molecule has 0 bridgehead atoms. The smallest absolute Gasteiger partial charge is 0.339 e. The van der Waals surface area contributed by atoms with E-state index in [-0.39, 0.29) is 17.2 Å². The van der Waals surface area contributed by atoms with Crippen LogP contribution in [0.2, 0.25) is 0 Å². The number of hydrogen-bond acceptors (Lipinski definition) is 4. The van der Waals surface area contributed by atoms with Crippen molar-refractivity contribution in [2.24, 2.45) is 0 Å². The molecule has 1 rings (SSSR count). The van der Waals surface area contributed by atoms with Crippen LogP contribution in [0.15, 0.2) is 18.2 Å². The van der Waals surface area contributed by atoms with Crippen LogP contribution in [0.25, 0.3) is 0 Å². The Balaban J connectivity index is 2.89. The van der Waals surface area contributed by atoms with Crippen molar-refractivity contribution in [3.63, 3.8) is 0 Å². The maximum absolute atomic E-state index is 11.7. The van der Waals surface area contributed by atoms with Gasteiger partial charge in [0.25, 0.3) is 5.91 Å². The Bertz CT molecular complexity index is 486. The summed E-state index contributed by atoms with van der Waals surface area (Å²) in [6.07, 6.45) is 0.0320. The van der Waals surface area contributed by atoms with E-state index in [0.717, 1.165) is 6.42 Å². The van der Waals surface area contributed by atoms with Crippen LogP contribution < -0.4 is 14.8 Å². The molecule has 6 nitrogen and oxygen atoms in total. The number of aromatic carboxylic acids is 1. The average molecular weight is 281 g/mol. The Kier molecular flexibility index (Phi) is 5.83. The minimum Gasteiger partial charge on any atom is -0.497 e. The third-order valence-electron chi connectivity index (χ3n) is 2.64. The van der Waals surface area contributed by atoms with Gasteiger partial charge in [0.05, 0.1) is 7.11 Å². The van der Waals surface area contributed by atoms with E-state index in [0.29, 0.717) is 12.3 Å². The third-order valence-corrected chi connectivity index (χ3v) is 2.64. The second kappa shape index (κ2) is 7.37. The van der Waals surface area contributed by atoms with Gasteiger partial charge in [0.1, 0.15) is 17.1 Å². The Morgan fingerprint density at radius 3 is 2.65 bits per heavy atom. The van der Waals surface area contributed by atoms with Crippen LogP contribution in [-0.4, -0.2) is 36.7 Å². The van der Waals surface area contributed by atoms with Gasteiger partial charge in [-0.2, -0.15) is 0 Å². The predicted octanol–water partition coefficient (Wildman–Crippen LogP) is 1.69. The molecular weight excluding hydrogens is 262 g/mol. The molecule has 110 valence electrons. The number of hydrogen-bond donors (Lipinski definition) is 2. The molecule has 0 aliphatic rings. The second-order valence-electron chi connectivity index (χ2n) is 4.22. The standard InChI is InChI=1S/C14H19NO5/c1-4-7-15-13(16)9(2)20-12-8-10(19-3)5-6-11(12)14(17)18/h5-6,8-9H,4,7H2,1-3H3,(H,15,16)(H,17,18). The maximum Gasteiger partial charge on any atom is 0.339 e. The first-order valence-electron chi connectivity index (χ1n) is 6.35. The first-order chi connectivity index (χ1) is 9.49. The molecule has 6 heteroatoms. The minimum absolute atomic E-state index is 0.0130. The number of benzene rings is 1.